The summed E-state index contributed by atoms with van der Waals surface area (Å²) in [4.78, 5) is 35.4. The molecular weight excluding hydrogens is 344 g/mol. The van der Waals surface area contributed by atoms with E-state index in [1.54, 1.807) is 24.3 Å². The van der Waals surface area contributed by atoms with Gasteiger partial charge in [0.05, 0.1) is 0 Å². The maximum atomic E-state index is 11.9. The monoisotopic (exact) mass is 364 g/mol. The highest BCUT2D eigenvalue weighted by atomic mass is 35.5. The molecule has 7 heteroatoms. The van der Waals surface area contributed by atoms with Crippen LogP contribution in [0.15, 0.2) is 24.3 Å². The predicted molar refractivity (Wildman–Crippen MR) is 91.6 cm³/mol. The number of amides is 2. The van der Waals surface area contributed by atoms with Crippen LogP contribution in [0.5, 0.6) is 0 Å². The average molecular weight is 365 g/mol. The molecule has 0 heterocycles. The number of ether oxygens (including phenoxy) is 1. The van der Waals surface area contributed by atoms with Gasteiger partial charge in [0.1, 0.15) is 0 Å². The van der Waals surface area contributed by atoms with Crippen LogP contribution in [0.4, 0.5) is 0 Å². The molecule has 1 aromatic rings. The smallest absolute Gasteiger partial charge is 0.306 e. The zero-order valence-corrected chi connectivity index (χ0v) is 14.6. The van der Waals surface area contributed by atoms with Crippen molar-refractivity contribution < 1.29 is 19.1 Å². The van der Waals surface area contributed by atoms with E-state index >= 15 is 0 Å². The molecule has 2 aliphatic carbocycles. The summed E-state index contributed by atoms with van der Waals surface area (Å²) in [5.41, 5.74) is 4.85. The Morgan fingerprint density at radius 3 is 2.48 bits per heavy atom. The largest absolute Gasteiger partial charge is 0.455 e. The Kier molecular flexibility index (Phi) is 5.58. The Labute approximate surface area is 151 Å². The molecule has 3 rings (SSSR count). The van der Waals surface area contributed by atoms with Crippen LogP contribution in [0.3, 0.4) is 0 Å². The van der Waals surface area contributed by atoms with Gasteiger partial charge in [0.15, 0.2) is 6.61 Å². The van der Waals surface area contributed by atoms with Gasteiger partial charge in [-0.15, -0.1) is 0 Å². The van der Waals surface area contributed by atoms with Crippen LogP contribution >= 0.6 is 11.6 Å². The van der Waals surface area contributed by atoms with E-state index < -0.39 is 18.4 Å². The van der Waals surface area contributed by atoms with E-state index in [2.05, 4.69) is 10.9 Å². The molecule has 134 valence electrons. The van der Waals surface area contributed by atoms with Crippen molar-refractivity contribution in [2.45, 2.75) is 32.1 Å². The van der Waals surface area contributed by atoms with Gasteiger partial charge >= 0.3 is 5.97 Å². The second-order valence-electron chi connectivity index (χ2n) is 6.81. The van der Waals surface area contributed by atoms with Crippen LogP contribution in [0.2, 0.25) is 5.02 Å². The van der Waals surface area contributed by atoms with Crippen LogP contribution in [0.1, 0.15) is 42.5 Å². The van der Waals surface area contributed by atoms with Gasteiger partial charge in [-0.2, -0.15) is 0 Å². The molecule has 2 N–H and O–H groups in total. The highest BCUT2D eigenvalue weighted by Gasteiger charge is 2.40. The lowest BCUT2D eigenvalue weighted by Gasteiger charge is -2.20. The van der Waals surface area contributed by atoms with E-state index in [0.717, 1.165) is 12.3 Å². The summed E-state index contributed by atoms with van der Waals surface area (Å²) in [6, 6.07) is 6.24. The molecule has 2 saturated carbocycles. The maximum Gasteiger partial charge on any atom is 0.306 e. The molecule has 2 bridgehead atoms. The Hall–Kier alpha value is -2.08. The van der Waals surface area contributed by atoms with E-state index in [1.165, 1.54) is 19.3 Å². The fourth-order valence-electron chi connectivity index (χ4n) is 3.88. The normalized spacial score (nSPS) is 24.0. The SMILES string of the molecule is O=C(COC(=O)C[C@H]1C[C@@H]2CC[C@@H]1C2)NNC(=O)c1ccc(Cl)cc1. The Balaban J connectivity index is 1.34. The van der Waals surface area contributed by atoms with Crippen LogP contribution in [0, 0.1) is 17.8 Å². The summed E-state index contributed by atoms with van der Waals surface area (Å²) in [7, 11) is 0. The van der Waals surface area contributed by atoms with Crippen molar-refractivity contribution >= 4 is 29.4 Å². The molecule has 3 atom stereocenters. The number of esters is 1. The Morgan fingerprint density at radius 1 is 1.08 bits per heavy atom. The molecule has 0 aromatic heterocycles. The van der Waals surface area contributed by atoms with Gasteiger partial charge in [-0.3, -0.25) is 25.2 Å². The highest BCUT2D eigenvalue weighted by Crippen LogP contribution is 2.49. The maximum absolute atomic E-state index is 11.9. The van der Waals surface area contributed by atoms with Gasteiger partial charge in [0.25, 0.3) is 11.8 Å². The quantitative estimate of drug-likeness (QED) is 0.621. The Bertz CT molecular complexity index is 662. The summed E-state index contributed by atoms with van der Waals surface area (Å²) < 4.78 is 5.01. The summed E-state index contributed by atoms with van der Waals surface area (Å²) in [6.45, 7) is -0.402. The molecular formula is C18H21ClN2O4. The summed E-state index contributed by atoms with van der Waals surface area (Å²) in [5.74, 6) is 0.414. The van der Waals surface area contributed by atoms with Crippen molar-refractivity contribution in [3.05, 3.63) is 34.9 Å². The second kappa shape index (κ2) is 7.87. The minimum Gasteiger partial charge on any atom is -0.455 e. The molecule has 2 amide bonds. The molecule has 1 aromatic carbocycles. The van der Waals surface area contributed by atoms with Crippen LogP contribution < -0.4 is 10.9 Å². The van der Waals surface area contributed by atoms with Crippen molar-refractivity contribution in [1.82, 2.24) is 10.9 Å². The Morgan fingerprint density at radius 2 is 1.84 bits per heavy atom. The van der Waals surface area contributed by atoms with Gasteiger partial charge in [0.2, 0.25) is 0 Å². The number of carbonyl (C=O) groups excluding carboxylic acids is 3. The zero-order chi connectivity index (χ0) is 17.8. The number of rotatable bonds is 5. The minimum absolute atomic E-state index is 0.350. The first kappa shape index (κ1) is 17.7. The molecule has 6 nitrogen and oxygen atoms in total. The van der Waals surface area contributed by atoms with Crippen LogP contribution in [-0.4, -0.2) is 24.4 Å². The average Bonchev–Trinajstić information content (AvgIpc) is 3.21. The molecule has 2 aliphatic rings. The second-order valence-corrected chi connectivity index (χ2v) is 7.25. The summed E-state index contributed by atoms with van der Waals surface area (Å²) >= 11 is 5.75. The van der Waals surface area contributed by atoms with E-state index in [0.29, 0.717) is 28.8 Å². The first-order valence-corrected chi connectivity index (χ1v) is 8.89. The van der Waals surface area contributed by atoms with Crippen molar-refractivity contribution in [3.63, 3.8) is 0 Å². The number of hydrazine groups is 1. The van der Waals surface area contributed by atoms with E-state index in [1.807, 2.05) is 0 Å². The summed E-state index contributed by atoms with van der Waals surface area (Å²) in [5, 5.41) is 0.517. The minimum atomic E-state index is -0.580. The fraction of sp³-hybridized carbons (Fsp3) is 0.500. The number of nitrogens with one attached hydrogen (secondary N) is 2. The van der Waals surface area contributed by atoms with Gasteiger partial charge in [-0.1, -0.05) is 18.0 Å². The number of hydrogen-bond donors (Lipinski definition) is 2. The molecule has 0 unspecified atom stereocenters. The predicted octanol–water partition coefficient (Wildman–Crippen LogP) is 2.47. The first-order chi connectivity index (χ1) is 12.0. The van der Waals surface area contributed by atoms with E-state index in [9.17, 15) is 14.4 Å². The van der Waals surface area contributed by atoms with Crippen LogP contribution in [0.25, 0.3) is 0 Å². The molecule has 0 radical (unpaired) electrons. The highest BCUT2D eigenvalue weighted by molar-refractivity contribution is 6.30. The van der Waals surface area contributed by atoms with Gasteiger partial charge < -0.3 is 4.74 Å². The third-order valence-electron chi connectivity index (χ3n) is 5.10. The molecule has 0 spiro atoms. The molecule has 0 saturated heterocycles. The van der Waals surface area contributed by atoms with Crippen molar-refractivity contribution in [2.75, 3.05) is 6.61 Å². The lowest BCUT2D eigenvalue weighted by Crippen LogP contribution is -2.43. The number of carbonyl (C=O) groups is 3. The van der Waals surface area contributed by atoms with Gasteiger partial charge in [0, 0.05) is 17.0 Å². The third kappa shape index (κ3) is 4.72. The molecule has 0 aliphatic heterocycles. The van der Waals surface area contributed by atoms with Crippen LogP contribution in [-0.2, 0) is 14.3 Å². The van der Waals surface area contributed by atoms with E-state index in [-0.39, 0.29) is 5.97 Å². The van der Waals surface area contributed by atoms with Gasteiger partial charge in [-0.05, 0) is 61.3 Å². The van der Waals surface area contributed by atoms with Crippen molar-refractivity contribution in [2.24, 2.45) is 17.8 Å². The van der Waals surface area contributed by atoms with Crippen molar-refractivity contribution in [1.29, 1.82) is 0 Å². The zero-order valence-electron chi connectivity index (χ0n) is 13.8. The number of fused-ring (bicyclic) bond motifs is 2. The van der Waals surface area contributed by atoms with E-state index in [4.69, 9.17) is 16.3 Å². The van der Waals surface area contributed by atoms with Gasteiger partial charge in [-0.25, -0.2) is 0 Å². The number of hydrogen-bond acceptors (Lipinski definition) is 4. The van der Waals surface area contributed by atoms with Crippen molar-refractivity contribution in [3.8, 4) is 0 Å². The lowest BCUT2D eigenvalue weighted by molar-refractivity contribution is -0.150. The number of halogens is 1. The summed E-state index contributed by atoms with van der Waals surface area (Å²) in [6.07, 6.45) is 5.20. The standard InChI is InChI=1S/C18H21ClN2O4/c19-15-5-3-12(4-6-15)18(24)21-20-16(22)10-25-17(23)9-14-8-11-1-2-13(14)7-11/h3-6,11,13-14H,1-2,7-10H2,(H,20,22)(H,21,24)/t11-,13-,14-/m1/s1. The molecule has 25 heavy (non-hydrogen) atoms. The lowest BCUT2D eigenvalue weighted by atomic mass is 9.86. The third-order valence-corrected chi connectivity index (χ3v) is 5.35. The fourth-order valence-corrected chi connectivity index (χ4v) is 4.01. The topological polar surface area (TPSA) is 84.5 Å². The number of benzene rings is 1. The first-order valence-electron chi connectivity index (χ1n) is 8.51. The molecule has 2 fully saturated rings.